The topological polar surface area (TPSA) is 63.0 Å². The van der Waals surface area contributed by atoms with Gasteiger partial charge in [-0.15, -0.1) is 0 Å². The zero-order chi connectivity index (χ0) is 13.1. The number of halogens is 1. The molecule has 0 bridgehead atoms. The number of esters is 1. The normalized spacial score (nSPS) is 10.8. The van der Waals surface area contributed by atoms with E-state index in [9.17, 15) is 4.79 Å². The predicted molar refractivity (Wildman–Crippen MR) is 63.5 cm³/mol. The van der Waals surface area contributed by atoms with Crippen molar-refractivity contribution in [2.75, 3.05) is 0 Å². The fourth-order valence-corrected chi connectivity index (χ4v) is 1.39. The molecular weight excluding hydrogens is 240 g/mol. The van der Waals surface area contributed by atoms with E-state index in [1.165, 1.54) is 6.07 Å². The van der Waals surface area contributed by atoms with E-state index in [2.05, 4.69) is 4.98 Å². The van der Waals surface area contributed by atoms with E-state index in [1.807, 2.05) is 6.07 Å². The van der Waals surface area contributed by atoms with Crippen molar-refractivity contribution >= 4 is 17.6 Å². The van der Waals surface area contributed by atoms with E-state index in [4.69, 9.17) is 21.6 Å². The molecule has 0 saturated heterocycles. The highest BCUT2D eigenvalue weighted by Gasteiger charge is 2.17. The highest BCUT2D eigenvalue weighted by atomic mass is 35.5. The van der Waals surface area contributed by atoms with Gasteiger partial charge < -0.3 is 4.74 Å². The molecule has 17 heavy (non-hydrogen) atoms. The second-order valence-electron chi connectivity index (χ2n) is 4.52. The average Bonchev–Trinajstić information content (AvgIpc) is 2.14. The number of carbonyl (C=O) groups is 1. The number of hydrogen-bond donors (Lipinski definition) is 0. The Morgan fingerprint density at radius 1 is 1.53 bits per heavy atom. The first-order valence-corrected chi connectivity index (χ1v) is 5.47. The summed E-state index contributed by atoms with van der Waals surface area (Å²) < 4.78 is 5.15. The summed E-state index contributed by atoms with van der Waals surface area (Å²) in [6.45, 7) is 5.39. The molecule has 0 amide bonds. The molecule has 0 radical (unpaired) electrons. The Kier molecular flexibility index (Phi) is 4.08. The molecule has 1 heterocycles. The molecule has 0 atom stereocenters. The first-order valence-electron chi connectivity index (χ1n) is 5.09. The molecule has 0 unspecified atom stereocenters. The van der Waals surface area contributed by atoms with E-state index in [1.54, 1.807) is 26.8 Å². The summed E-state index contributed by atoms with van der Waals surface area (Å²) in [5.74, 6) is -0.370. The van der Waals surface area contributed by atoms with Crippen LogP contribution in [0.4, 0.5) is 0 Å². The minimum atomic E-state index is -0.520. The standard InChI is InChI=1S/C12H13ClN2O2/c1-12(2,3)17-10(16)6-9-5-4-8(7-14)11(13)15-9/h4-5H,6H2,1-3H3. The van der Waals surface area contributed by atoms with Crippen LogP contribution >= 0.6 is 11.6 Å². The van der Waals surface area contributed by atoms with Gasteiger partial charge in [-0.3, -0.25) is 4.79 Å². The van der Waals surface area contributed by atoms with Crippen LogP contribution in [0.3, 0.4) is 0 Å². The summed E-state index contributed by atoms with van der Waals surface area (Å²) in [6, 6.07) is 5.03. The average molecular weight is 253 g/mol. The van der Waals surface area contributed by atoms with Gasteiger partial charge in [0, 0.05) is 0 Å². The van der Waals surface area contributed by atoms with Gasteiger partial charge in [-0.2, -0.15) is 5.26 Å². The molecule has 0 N–H and O–H groups in total. The van der Waals surface area contributed by atoms with Crippen molar-refractivity contribution in [3.05, 3.63) is 28.5 Å². The summed E-state index contributed by atoms with van der Waals surface area (Å²) in [6.07, 6.45) is 0.0443. The van der Waals surface area contributed by atoms with Crippen LogP contribution in [0.1, 0.15) is 32.0 Å². The summed E-state index contributed by atoms with van der Waals surface area (Å²) in [5, 5.41) is 8.78. The monoisotopic (exact) mass is 252 g/mol. The van der Waals surface area contributed by atoms with Crippen LogP contribution in [0, 0.1) is 11.3 Å². The summed E-state index contributed by atoms with van der Waals surface area (Å²) in [5.41, 5.74) is 0.260. The van der Waals surface area contributed by atoms with Crippen LogP contribution in [0.15, 0.2) is 12.1 Å². The van der Waals surface area contributed by atoms with Crippen molar-refractivity contribution in [3.63, 3.8) is 0 Å². The molecular formula is C12H13ClN2O2. The van der Waals surface area contributed by atoms with E-state index in [0.29, 0.717) is 11.3 Å². The molecule has 4 nitrogen and oxygen atoms in total. The zero-order valence-corrected chi connectivity index (χ0v) is 10.7. The van der Waals surface area contributed by atoms with Gasteiger partial charge in [-0.25, -0.2) is 4.98 Å². The first kappa shape index (κ1) is 13.5. The Bertz CT molecular complexity index is 472. The number of nitrogens with zero attached hydrogens (tertiary/aromatic N) is 2. The van der Waals surface area contributed by atoms with Crippen LogP contribution in [0.5, 0.6) is 0 Å². The molecule has 0 spiro atoms. The molecule has 90 valence electrons. The van der Waals surface area contributed by atoms with Crippen LogP contribution in [0.25, 0.3) is 0 Å². The number of nitriles is 1. The lowest BCUT2D eigenvalue weighted by atomic mass is 10.2. The third-order valence-corrected chi connectivity index (χ3v) is 2.06. The molecule has 0 aliphatic carbocycles. The van der Waals surface area contributed by atoms with Gasteiger partial charge in [0.25, 0.3) is 0 Å². The molecule has 1 rings (SSSR count). The van der Waals surface area contributed by atoms with Gasteiger partial charge in [-0.1, -0.05) is 11.6 Å². The van der Waals surface area contributed by atoms with E-state index >= 15 is 0 Å². The molecule has 0 aliphatic heterocycles. The summed E-state index contributed by atoms with van der Waals surface area (Å²) in [7, 11) is 0. The van der Waals surface area contributed by atoms with E-state index < -0.39 is 5.60 Å². The minimum Gasteiger partial charge on any atom is -0.460 e. The zero-order valence-electron chi connectivity index (χ0n) is 9.95. The molecule has 0 aromatic carbocycles. The van der Waals surface area contributed by atoms with Gasteiger partial charge in [0.05, 0.1) is 17.7 Å². The Morgan fingerprint density at radius 3 is 2.65 bits per heavy atom. The number of ether oxygens (including phenoxy) is 1. The quantitative estimate of drug-likeness (QED) is 0.599. The Balaban J connectivity index is 2.74. The van der Waals surface area contributed by atoms with Crippen molar-refractivity contribution < 1.29 is 9.53 Å². The lowest BCUT2D eigenvalue weighted by Crippen LogP contribution is -2.25. The van der Waals surface area contributed by atoms with E-state index in [0.717, 1.165) is 0 Å². The predicted octanol–water partition coefficient (Wildman–Crippen LogP) is 2.49. The SMILES string of the molecule is CC(C)(C)OC(=O)Cc1ccc(C#N)c(Cl)n1. The van der Waals surface area contributed by atoms with Gasteiger partial charge >= 0.3 is 5.97 Å². The number of rotatable bonds is 2. The second-order valence-corrected chi connectivity index (χ2v) is 4.87. The maximum Gasteiger partial charge on any atom is 0.312 e. The van der Waals surface area contributed by atoms with Crippen LogP contribution in [0.2, 0.25) is 5.15 Å². The Labute approximate surface area is 105 Å². The summed E-state index contributed by atoms with van der Waals surface area (Å²) >= 11 is 5.76. The van der Waals surface area contributed by atoms with Crippen molar-refractivity contribution in [1.29, 1.82) is 5.26 Å². The van der Waals surface area contributed by atoms with Gasteiger partial charge in [0.2, 0.25) is 0 Å². The third-order valence-electron chi connectivity index (χ3n) is 1.77. The number of aromatic nitrogens is 1. The Morgan fingerprint density at radius 2 is 2.18 bits per heavy atom. The van der Waals surface area contributed by atoms with Crippen LogP contribution < -0.4 is 0 Å². The van der Waals surface area contributed by atoms with Crippen molar-refractivity contribution in [1.82, 2.24) is 4.98 Å². The lowest BCUT2D eigenvalue weighted by molar-refractivity contribution is -0.153. The maximum absolute atomic E-state index is 11.5. The third kappa shape index (κ3) is 4.41. The van der Waals surface area contributed by atoms with Crippen molar-refractivity contribution in [2.24, 2.45) is 0 Å². The molecule has 0 saturated carbocycles. The van der Waals surface area contributed by atoms with Gasteiger partial charge in [0.15, 0.2) is 0 Å². The fraction of sp³-hybridized carbons (Fsp3) is 0.417. The smallest absolute Gasteiger partial charge is 0.312 e. The van der Waals surface area contributed by atoms with Gasteiger partial charge in [0.1, 0.15) is 16.8 Å². The molecule has 0 aliphatic rings. The highest BCUT2D eigenvalue weighted by molar-refractivity contribution is 6.30. The number of pyridine rings is 1. The largest absolute Gasteiger partial charge is 0.460 e. The maximum atomic E-state index is 11.5. The van der Waals surface area contributed by atoms with Crippen molar-refractivity contribution in [3.8, 4) is 6.07 Å². The number of hydrogen-bond acceptors (Lipinski definition) is 4. The highest BCUT2D eigenvalue weighted by Crippen LogP contribution is 2.14. The molecule has 0 fully saturated rings. The van der Waals surface area contributed by atoms with Crippen LogP contribution in [-0.2, 0) is 16.0 Å². The number of carbonyl (C=O) groups excluding carboxylic acids is 1. The fourth-order valence-electron chi connectivity index (χ4n) is 1.18. The molecule has 1 aromatic rings. The second kappa shape index (κ2) is 5.15. The van der Waals surface area contributed by atoms with E-state index in [-0.39, 0.29) is 17.5 Å². The first-order chi connectivity index (χ1) is 7.81. The molecule has 1 aromatic heterocycles. The Hall–Kier alpha value is -1.60. The van der Waals surface area contributed by atoms with Crippen LogP contribution in [-0.4, -0.2) is 16.6 Å². The van der Waals surface area contributed by atoms with Crippen molar-refractivity contribution in [2.45, 2.75) is 32.8 Å². The summed E-state index contributed by atoms with van der Waals surface area (Å²) in [4.78, 5) is 15.5. The lowest BCUT2D eigenvalue weighted by Gasteiger charge is -2.19. The van der Waals surface area contributed by atoms with Gasteiger partial charge in [-0.05, 0) is 32.9 Å². The minimum absolute atomic E-state index is 0.0443. The molecule has 5 heteroatoms.